The van der Waals surface area contributed by atoms with Crippen molar-refractivity contribution in [1.29, 1.82) is 0 Å². The minimum absolute atomic E-state index is 0.0495. The summed E-state index contributed by atoms with van der Waals surface area (Å²) < 4.78 is 95.4. The lowest BCUT2D eigenvalue weighted by atomic mass is 9.87. The van der Waals surface area contributed by atoms with Crippen molar-refractivity contribution in [2.24, 2.45) is 5.73 Å². The predicted molar refractivity (Wildman–Crippen MR) is 154 cm³/mol. The van der Waals surface area contributed by atoms with Crippen LogP contribution in [-0.4, -0.2) is 60.6 Å². The molecule has 2 aliphatic heterocycles. The number of piperazine rings is 1. The van der Waals surface area contributed by atoms with Gasteiger partial charge in [0.1, 0.15) is 11.6 Å². The number of hydrogen-bond donors (Lipinski definition) is 3. The van der Waals surface area contributed by atoms with Crippen LogP contribution < -0.4 is 16.4 Å². The molecular formula is C30H32F5N5O3S. The molecule has 5 atom stereocenters. The Balaban J connectivity index is 1.37. The molecule has 5 unspecified atom stereocenters. The number of carbonyl (C=O) groups is 1. The summed E-state index contributed by atoms with van der Waals surface area (Å²) in [4.78, 5) is 17.4. The number of hydrogen-bond acceptors (Lipinski definition) is 6. The lowest BCUT2D eigenvalue weighted by Gasteiger charge is -2.37. The summed E-state index contributed by atoms with van der Waals surface area (Å²) in [5.41, 5.74) is 6.06. The Morgan fingerprint density at radius 3 is 2.55 bits per heavy atom. The molecule has 4 N–H and O–H groups in total. The Kier molecular flexibility index (Phi) is 9.35. The van der Waals surface area contributed by atoms with Crippen LogP contribution in [-0.2, 0) is 27.4 Å². The maximum Gasteiger partial charge on any atom is 0.417 e. The number of alkyl halides is 3. The van der Waals surface area contributed by atoms with Gasteiger partial charge in [0.25, 0.3) is 0 Å². The molecule has 2 aliphatic rings. The predicted octanol–water partition coefficient (Wildman–Crippen LogP) is 4.18. The fourth-order valence-electron chi connectivity index (χ4n) is 5.84. The maximum atomic E-state index is 15.1. The highest BCUT2D eigenvalue weighted by Gasteiger charge is 2.38. The van der Waals surface area contributed by atoms with Crippen LogP contribution in [0.15, 0.2) is 60.8 Å². The Morgan fingerprint density at radius 2 is 1.86 bits per heavy atom. The first-order chi connectivity index (χ1) is 20.8. The van der Waals surface area contributed by atoms with Gasteiger partial charge in [-0.05, 0) is 67.6 Å². The molecule has 3 heterocycles. The minimum atomic E-state index is -4.63. The van der Waals surface area contributed by atoms with E-state index < -0.39 is 57.3 Å². The van der Waals surface area contributed by atoms with Crippen LogP contribution in [0.4, 0.5) is 27.6 Å². The standard InChI is InChI=1S/C30H32F5N5O3S/c31-20-9-6-18(7-10-20)27(26-13-8-19(15-38-26)30(33,34)35)28(36)29(41)39-25-5-1-4-24(32)23(25)12-11-22-16-37-21-3-2-14-44(42,43)40(22)17-21/h1,4-10,13,15,21-22,27-28,37H,2-3,11-12,14,16-17,36H2,(H,39,41). The molecule has 236 valence electrons. The van der Waals surface area contributed by atoms with Crippen molar-refractivity contribution < 1.29 is 35.2 Å². The third kappa shape index (κ3) is 7.09. The van der Waals surface area contributed by atoms with Crippen molar-refractivity contribution >= 4 is 21.6 Å². The van der Waals surface area contributed by atoms with E-state index in [1.165, 1.54) is 34.6 Å². The molecule has 1 aromatic heterocycles. The van der Waals surface area contributed by atoms with E-state index in [2.05, 4.69) is 15.6 Å². The molecule has 1 amide bonds. The number of benzene rings is 2. The molecule has 44 heavy (non-hydrogen) atoms. The number of fused-ring (bicyclic) bond motifs is 2. The molecule has 2 saturated heterocycles. The molecule has 0 saturated carbocycles. The van der Waals surface area contributed by atoms with Gasteiger partial charge in [0.15, 0.2) is 0 Å². The zero-order valence-electron chi connectivity index (χ0n) is 23.5. The molecule has 0 radical (unpaired) electrons. The average molecular weight is 638 g/mol. The van der Waals surface area contributed by atoms with Crippen molar-refractivity contribution in [1.82, 2.24) is 14.6 Å². The van der Waals surface area contributed by atoms with Crippen LogP contribution in [0, 0.1) is 11.6 Å². The molecule has 5 rings (SSSR count). The highest BCUT2D eigenvalue weighted by Crippen LogP contribution is 2.32. The van der Waals surface area contributed by atoms with Gasteiger partial charge >= 0.3 is 6.18 Å². The number of nitrogens with two attached hydrogens (primary N) is 1. The van der Waals surface area contributed by atoms with Crippen LogP contribution in [0.5, 0.6) is 0 Å². The molecule has 2 fully saturated rings. The quantitative estimate of drug-likeness (QED) is 0.319. The van der Waals surface area contributed by atoms with Gasteiger partial charge in [-0.25, -0.2) is 17.2 Å². The van der Waals surface area contributed by atoms with E-state index in [1.807, 2.05) is 0 Å². The number of nitrogens with zero attached hydrogens (tertiary/aromatic N) is 2. The van der Waals surface area contributed by atoms with Gasteiger partial charge in [-0.2, -0.15) is 17.5 Å². The number of rotatable bonds is 8. The fourth-order valence-corrected chi connectivity index (χ4v) is 7.65. The molecule has 8 nitrogen and oxygen atoms in total. The first-order valence-corrected chi connectivity index (χ1v) is 15.8. The number of pyridine rings is 1. The summed E-state index contributed by atoms with van der Waals surface area (Å²) in [6.45, 7) is 0.774. The molecule has 2 aromatic carbocycles. The van der Waals surface area contributed by atoms with Crippen LogP contribution in [0.2, 0.25) is 0 Å². The van der Waals surface area contributed by atoms with Crippen molar-refractivity contribution in [3.63, 3.8) is 0 Å². The van der Waals surface area contributed by atoms with Gasteiger partial charge in [0.05, 0.1) is 23.3 Å². The number of nitrogens with one attached hydrogen (secondary N) is 2. The van der Waals surface area contributed by atoms with Gasteiger partial charge in [0, 0.05) is 48.3 Å². The Morgan fingerprint density at radius 1 is 1.11 bits per heavy atom. The lowest BCUT2D eigenvalue weighted by molar-refractivity contribution is -0.137. The number of sulfonamides is 1. The summed E-state index contributed by atoms with van der Waals surface area (Å²) in [7, 11) is -3.45. The third-order valence-electron chi connectivity index (χ3n) is 8.19. The van der Waals surface area contributed by atoms with Crippen molar-refractivity contribution in [3.05, 3.63) is 94.8 Å². The summed E-state index contributed by atoms with van der Waals surface area (Å²) >= 11 is 0. The molecule has 0 aliphatic carbocycles. The first-order valence-electron chi connectivity index (χ1n) is 14.2. The molecule has 0 spiro atoms. The number of amides is 1. The van der Waals surface area contributed by atoms with Crippen LogP contribution in [0.3, 0.4) is 0 Å². The highest BCUT2D eigenvalue weighted by atomic mass is 32.2. The Labute approximate surface area is 251 Å². The van der Waals surface area contributed by atoms with Crippen LogP contribution in [0.25, 0.3) is 0 Å². The van der Waals surface area contributed by atoms with Crippen LogP contribution in [0.1, 0.15) is 47.6 Å². The SMILES string of the molecule is NC(C(=O)Nc1cccc(F)c1CCC1CNC2CCCS(=O)(=O)N1C2)C(c1ccc(F)cc1)c1ccc(C(F)(F)F)cn1. The molecule has 3 aromatic rings. The third-order valence-corrected chi connectivity index (χ3v) is 10.2. The van der Waals surface area contributed by atoms with Crippen molar-refractivity contribution in [2.45, 2.75) is 55.9 Å². The summed E-state index contributed by atoms with van der Waals surface area (Å²) in [5, 5.41) is 6.01. The second-order valence-corrected chi connectivity index (χ2v) is 13.1. The zero-order valence-corrected chi connectivity index (χ0v) is 24.3. The normalized spacial score (nSPS) is 22.9. The van der Waals surface area contributed by atoms with Gasteiger partial charge in [-0.3, -0.25) is 9.78 Å². The van der Waals surface area contributed by atoms with Gasteiger partial charge in [-0.1, -0.05) is 18.2 Å². The van der Waals surface area contributed by atoms with E-state index in [0.29, 0.717) is 37.7 Å². The van der Waals surface area contributed by atoms with E-state index in [-0.39, 0.29) is 35.2 Å². The molecule has 2 bridgehead atoms. The fraction of sp³-hybridized carbons (Fsp3) is 0.400. The second-order valence-electron chi connectivity index (χ2n) is 11.1. The van der Waals surface area contributed by atoms with E-state index in [1.54, 1.807) is 0 Å². The monoisotopic (exact) mass is 637 g/mol. The topological polar surface area (TPSA) is 117 Å². The first kappa shape index (κ1) is 31.9. The largest absolute Gasteiger partial charge is 0.417 e. The number of carbonyl (C=O) groups excluding carboxylic acids is 1. The molecular weight excluding hydrogens is 605 g/mol. The van der Waals surface area contributed by atoms with Gasteiger partial charge < -0.3 is 16.4 Å². The van der Waals surface area contributed by atoms with Crippen molar-refractivity contribution in [3.8, 4) is 0 Å². The number of anilines is 1. The smallest absolute Gasteiger partial charge is 0.324 e. The van der Waals surface area contributed by atoms with Crippen molar-refractivity contribution in [2.75, 3.05) is 24.2 Å². The van der Waals surface area contributed by atoms with Gasteiger partial charge in [-0.15, -0.1) is 0 Å². The minimum Gasteiger partial charge on any atom is -0.324 e. The van der Waals surface area contributed by atoms with E-state index in [0.717, 1.165) is 30.7 Å². The Hall–Kier alpha value is -3.46. The summed E-state index contributed by atoms with van der Waals surface area (Å²) in [6, 6.07) is 9.31. The molecule has 14 heteroatoms. The van der Waals surface area contributed by atoms with E-state index >= 15 is 4.39 Å². The lowest BCUT2D eigenvalue weighted by Crippen LogP contribution is -2.57. The van der Waals surface area contributed by atoms with E-state index in [9.17, 15) is 30.8 Å². The summed E-state index contributed by atoms with van der Waals surface area (Å²) in [6.07, 6.45) is -2.27. The maximum absolute atomic E-state index is 15.1. The number of aromatic nitrogens is 1. The second kappa shape index (κ2) is 12.9. The average Bonchev–Trinajstić information content (AvgIpc) is 3.09. The van der Waals surface area contributed by atoms with E-state index in [4.69, 9.17) is 5.73 Å². The highest BCUT2D eigenvalue weighted by molar-refractivity contribution is 7.89. The van der Waals surface area contributed by atoms with Gasteiger partial charge in [0.2, 0.25) is 15.9 Å². The summed E-state index contributed by atoms with van der Waals surface area (Å²) in [5.74, 6) is -2.94. The Bertz CT molecular complexity index is 1590. The van der Waals surface area contributed by atoms with Crippen LogP contribution >= 0.6 is 0 Å². The zero-order chi connectivity index (χ0) is 31.6. The number of halogens is 5.